The number of hydrogen-bond acceptors (Lipinski definition) is 2. The van der Waals surface area contributed by atoms with Gasteiger partial charge in [-0.25, -0.2) is 0 Å². The SMILES string of the molecule is CC(C)(C)c1cccc(C=NC2CCCCC2)c1O.[Cl-].[Cl-].[Cl-].[Cl-].[Ti+4]. The Bertz CT molecular complexity index is 472. The van der Waals surface area contributed by atoms with Crippen molar-refractivity contribution >= 4 is 6.21 Å². The molecule has 0 unspecified atom stereocenters. The molecule has 0 amide bonds. The number of halogens is 4. The van der Waals surface area contributed by atoms with Crippen molar-refractivity contribution in [2.45, 2.75) is 64.3 Å². The van der Waals surface area contributed by atoms with Crippen molar-refractivity contribution in [1.82, 2.24) is 0 Å². The molecule has 0 saturated heterocycles. The molecule has 2 nitrogen and oxygen atoms in total. The predicted octanol–water partition coefficient (Wildman–Crippen LogP) is -7.55. The van der Waals surface area contributed by atoms with E-state index in [1.165, 1.54) is 32.1 Å². The molecule has 136 valence electrons. The largest absolute Gasteiger partial charge is 4.00 e. The van der Waals surface area contributed by atoms with Crippen LogP contribution in [0.3, 0.4) is 0 Å². The van der Waals surface area contributed by atoms with Crippen molar-refractivity contribution in [2.75, 3.05) is 0 Å². The molecule has 1 aromatic carbocycles. The van der Waals surface area contributed by atoms with E-state index in [4.69, 9.17) is 0 Å². The van der Waals surface area contributed by atoms with Crippen molar-refractivity contribution in [3.05, 3.63) is 29.3 Å². The number of phenols is 1. The fourth-order valence-corrected chi connectivity index (χ4v) is 2.69. The van der Waals surface area contributed by atoms with Gasteiger partial charge in [-0.2, -0.15) is 0 Å². The number of para-hydroxylation sites is 1. The van der Waals surface area contributed by atoms with Gasteiger partial charge >= 0.3 is 21.7 Å². The Kier molecular flexibility index (Phi) is 19.8. The smallest absolute Gasteiger partial charge is 1.00 e. The monoisotopic (exact) mass is 447 g/mol. The van der Waals surface area contributed by atoms with E-state index in [1.54, 1.807) is 0 Å². The van der Waals surface area contributed by atoms with Gasteiger partial charge in [0.1, 0.15) is 5.75 Å². The van der Waals surface area contributed by atoms with Crippen molar-refractivity contribution < 1.29 is 76.5 Å². The van der Waals surface area contributed by atoms with Gasteiger partial charge in [0.05, 0.1) is 0 Å². The fraction of sp³-hybridized carbons (Fsp3) is 0.588. The molecule has 1 aromatic rings. The molecule has 0 aliphatic heterocycles. The molecule has 24 heavy (non-hydrogen) atoms. The normalized spacial score (nSPS) is 14.3. The van der Waals surface area contributed by atoms with Crippen LogP contribution >= 0.6 is 0 Å². The van der Waals surface area contributed by atoms with Crippen LogP contribution in [0.25, 0.3) is 0 Å². The molecule has 7 heteroatoms. The Balaban J connectivity index is -0.000000400. The maximum Gasteiger partial charge on any atom is 4.00 e. The number of phenolic OH excluding ortho intramolecular Hbond substituents is 1. The molecule has 0 spiro atoms. The second-order valence-electron chi connectivity index (χ2n) is 6.56. The first kappa shape index (κ1) is 32.3. The summed E-state index contributed by atoms with van der Waals surface area (Å²) in [4.78, 5) is 4.65. The third-order valence-electron chi connectivity index (χ3n) is 3.87. The van der Waals surface area contributed by atoms with Gasteiger partial charge in [-0.1, -0.05) is 52.2 Å². The Labute approximate surface area is 186 Å². The molecular formula is C17H25Cl4NOTi. The summed E-state index contributed by atoms with van der Waals surface area (Å²) in [6.45, 7) is 6.35. The van der Waals surface area contributed by atoms with E-state index in [-0.39, 0.29) is 76.8 Å². The summed E-state index contributed by atoms with van der Waals surface area (Å²) in [7, 11) is 0. The van der Waals surface area contributed by atoms with Crippen LogP contribution in [0.15, 0.2) is 23.2 Å². The maximum atomic E-state index is 10.4. The van der Waals surface area contributed by atoms with Crippen LogP contribution < -0.4 is 49.6 Å². The van der Waals surface area contributed by atoms with Crippen LogP contribution in [0.4, 0.5) is 0 Å². The number of aromatic hydroxyl groups is 1. The van der Waals surface area contributed by atoms with Crippen LogP contribution in [-0.2, 0) is 27.1 Å². The number of rotatable bonds is 2. The van der Waals surface area contributed by atoms with Crippen molar-refractivity contribution in [2.24, 2.45) is 4.99 Å². The summed E-state index contributed by atoms with van der Waals surface area (Å²) >= 11 is 0. The third kappa shape index (κ3) is 9.31. The molecule has 1 saturated carbocycles. The van der Waals surface area contributed by atoms with E-state index in [1.807, 2.05) is 24.4 Å². The Hall–Kier alpha value is 0.564. The van der Waals surface area contributed by atoms with Gasteiger partial charge in [-0.05, 0) is 29.9 Å². The van der Waals surface area contributed by atoms with E-state index in [2.05, 4.69) is 25.8 Å². The Morgan fingerprint density at radius 2 is 1.54 bits per heavy atom. The zero-order valence-electron chi connectivity index (χ0n) is 14.3. The molecule has 2 rings (SSSR count). The summed E-state index contributed by atoms with van der Waals surface area (Å²) < 4.78 is 0. The molecular weight excluding hydrogens is 424 g/mol. The van der Waals surface area contributed by atoms with Crippen LogP contribution in [0, 0.1) is 0 Å². The van der Waals surface area contributed by atoms with E-state index in [9.17, 15) is 5.11 Å². The van der Waals surface area contributed by atoms with Crippen LogP contribution in [0.2, 0.25) is 0 Å². The maximum absolute atomic E-state index is 10.4. The minimum Gasteiger partial charge on any atom is -1.00 e. The summed E-state index contributed by atoms with van der Waals surface area (Å²) in [6.07, 6.45) is 8.16. The summed E-state index contributed by atoms with van der Waals surface area (Å²) in [5, 5.41) is 10.4. The quantitative estimate of drug-likeness (QED) is 0.354. The van der Waals surface area contributed by atoms with Crippen LogP contribution in [0.5, 0.6) is 5.75 Å². The Morgan fingerprint density at radius 3 is 2.04 bits per heavy atom. The van der Waals surface area contributed by atoms with Crippen molar-refractivity contribution in [3.8, 4) is 5.75 Å². The summed E-state index contributed by atoms with van der Waals surface area (Å²) in [5.74, 6) is 0.384. The van der Waals surface area contributed by atoms with Gasteiger partial charge in [-0.3, -0.25) is 4.99 Å². The molecule has 0 heterocycles. The first-order chi connectivity index (χ1) is 8.98. The standard InChI is InChI=1S/C17H25NO.4ClH.Ti/c1-17(2,3)15-11-7-8-13(16(15)19)12-18-14-9-5-4-6-10-14;;;;;/h7-8,11-12,14,19H,4-6,9-10H2,1-3H3;4*1H;/q;;;;;+4/p-4. The molecule has 1 aliphatic carbocycles. The molecule has 1 aliphatic rings. The zero-order chi connectivity index (χ0) is 13.9. The molecule has 0 radical (unpaired) electrons. The topological polar surface area (TPSA) is 32.6 Å². The van der Waals surface area contributed by atoms with E-state index < -0.39 is 0 Å². The third-order valence-corrected chi connectivity index (χ3v) is 3.87. The van der Waals surface area contributed by atoms with Gasteiger partial charge in [-0.15, -0.1) is 0 Å². The number of aliphatic imine (C=N–C) groups is 1. The minimum atomic E-state index is -0.0429. The van der Waals surface area contributed by atoms with E-state index in [0.29, 0.717) is 11.8 Å². The number of nitrogens with zero attached hydrogens (tertiary/aromatic N) is 1. The van der Waals surface area contributed by atoms with Crippen molar-refractivity contribution in [3.63, 3.8) is 0 Å². The molecule has 1 N–H and O–H groups in total. The van der Waals surface area contributed by atoms with Crippen molar-refractivity contribution in [1.29, 1.82) is 0 Å². The fourth-order valence-electron chi connectivity index (χ4n) is 2.69. The van der Waals surface area contributed by atoms with Gasteiger partial charge in [0.25, 0.3) is 0 Å². The molecule has 0 bridgehead atoms. The van der Waals surface area contributed by atoms with Gasteiger partial charge < -0.3 is 54.7 Å². The zero-order valence-corrected chi connectivity index (χ0v) is 18.9. The van der Waals surface area contributed by atoms with Gasteiger partial charge in [0.15, 0.2) is 0 Å². The Morgan fingerprint density at radius 1 is 1.00 bits per heavy atom. The van der Waals surface area contributed by atoms with E-state index >= 15 is 0 Å². The van der Waals surface area contributed by atoms with Gasteiger partial charge in [0, 0.05) is 17.8 Å². The van der Waals surface area contributed by atoms with E-state index in [0.717, 1.165) is 11.1 Å². The first-order valence-corrected chi connectivity index (χ1v) is 7.34. The predicted molar refractivity (Wildman–Crippen MR) is 81.3 cm³/mol. The first-order valence-electron chi connectivity index (χ1n) is 7.34. The molecule has 0 aromatic heterocycles. The average Bonchev–Trinajstić information content (AvgIpc) is 2.37. The van der Waals surface area contributed by atoms with Crippen LogP contribution in [0.1, 0.15) is 64.0 Å². The van der Waals surface area contributed by atoms with Gasteiger partial charge in [0.2, 0.25) is 0 Å². The summed E-state index contributed by atoms with van der Waals surface area (Å²) in [5.41, 5.74) is 1.79. The minimum absolute atomic E-state index is 0. The van der Waals surface area contributed by atoms with Crippen LogP contribution in [-0.4, -0.2) is 17.4 Å². The second kappa shape index (κ2) is 14.7. The number of benzene rings is 1. The second-order valence-corrected chi connectivity index (χ2v) is 6.56. The molecule has 0 atom stereocenters. The molecule has 1 fully saturated rings. The average molecular weight is 449 g/mol. The summed E-state index contributed by atoms with van der Waals surface area (Å²) in [6, 6.07) is 6.39. The number of hydrogen-bond donors (Lipinski definition) is 1.